The number of hydrogen-bond acceptors (Lipinski definition) is 5. The molecule has 0 saturated heterocycles. The van der Waals surface area contributed by atoms with Gasteiger partial charge in [0.15, 0.2) is 5.69 Å². The van der Waals surface area contributed by atoms with Crippen molar-refractivity contribution >= 4 is 33.5 Å². The molecule has 0 atom stereocenters. The summed E-state index contributed by atoms with van der Waals surface area (Å²) in [4.78, 5) is 26.0. The van der Waals surface area contributed by atoms with Gasteiger partial charge in [0.25, 0.3) is 0 Å². The van der Waals surface area contributed by atoms with Crippen LogP contribution in [0.1, 0.15) is 20.8 Å². The van der Waals surface area contributed by atoms with Crippen LogP contribution in [0.5, 0.6) is 0 Å². The molecular weight excluding hydrogens is 416 g/mol. The predicted octanol–water partition coefficient (Wildman–Crippen LogP) is 5.42. The Hall–Kier alpha value is -4.45. The minimum Gasteiger partial charge on any atom is -0.465 e. The lowest BCUT2D eigenvalue weighted by Gasteiger charge is -2.11. The molecule has 162 valence electrons. The summed E-state index contributed by atoms with van der Waals surface area (Å²) in [5.74, 6) is -1.34. The highest BCUT2D eigenvalue weighted by Gasteiger charge is 2.32. The Balaban J connectivity index is 1.97. The fraction of sp³-hybridized carbons (Fsp3) is 0.0741. The van der Waals surface area contributed by atoms with E-state index < -0.39 is 11.9 Å². The van der Waals surface area contributed by atoms with Gasteiger partial charge < -0.3 is 9.47 Å². The number of nitrogens with zero attached hydrogens (tertiary/aromatic N) is 2. The minimum atomic E-state index is -0.678. The van der Waals surface area contributed by atoms with Crippen molar-refractivity contribution in [2.75, 3.05) is 14.2 Å². The van der Waals surface area contributed by atoms with Crippen LogP contribution in [-0.4, -0.2) is 35.9 Å². The molecule has 5 rings (SSSR count). The molecule has 1 aromatic heterocycles. The lowest BCUT2D eigenvalue weighted by atomic mass is 9.93. The number of carbonyl (C=O) groups is 2. The molecule has 5 aromatic rings. The van der Waals surface area contributed by atoms with Gasteiger partial charge in [-0.3, -0.25) is 0 Å². The maximum atomic E-state index is 13.1. The van der Waals surface area contributed by atoms with Crippen LogP contribution in [0.3, 0.4) is 0 Å². The van der Waals surface area contributed by atoms with Crippen LogP contribution in [0.15, 0.2) is 84.9 Å². The molecule has 0 amide bonds. The fourth-order valence-corrected chi connectivity index (χ4v) is 4.20. The summed E-state index contributed by atoms with van der Waals surface area (Å²) in [5.41, 5.74) is 1.82. The highest BCUT2D eigenvalue weighted by atomic mass is 16.5. The Morgan fingerprint density at radius 3 is 1.85 bits per heavy atom. The van der Waals surface area contributed by atoms with E-state index in [1.165, 1.54) is 18.9 Å². The number of ether oxygens (including phenoxy) is 2. The molecule has 0 unspecified atom stereocenters. The number of benzene rings is 4. The maximum absolute atomic E-state index is 13.1. The highest BCUT2D eigenvalue weighted by molar-refractivity contribution is 6.16. The van der Waals surface area contributed by atoms with Crippen LogP contribution in [0.2, 0.25) is 0 Å². The molecule has 6 nitrogen and oxygen atoms in total. The van der Waals surface area contributed by atoms with Gasteiger partial charge >= 0.3 is 11.9 Å². The van der Waals surface area contributed by atoms with Crippen LogP contribution in [0.25, 0.3) is 38.5 Å². The SMILES string of the molecule is COC(=O)c1c(-c2c3ccccc3cc3ccccc23)nn(-c2ccccc2)c1C(=O)OC. The van der Waals surface area contributed by atoms with E-state index in [9.17, 15) is 9.59 Å². The quantitative estimate of drug-likeness (QED) is 0.278. The number of methoxy groups -OCH3 is 2. The lowest BCUT2D eigenvalue weighted by Crippen LogP contribution is -2.15. The number of esters is 2. The Morgan fingerprint density at radius 1 is 0.727 bits per heavy atom. The lowest BCUT2D eigenvalue weighted by molar-refractivity contribution is 0.0549. The van der Waals surface area contributed by atoms with Gasteiger partial charge in [-0.05, 0) is 39.7 Å². The second-order valence-electron chi connectivity index (χ2n) is 7.50. The summed E-state index contributed by atoms with van der Waals surface area (Å²) in [7, 11) is 2.56. The van der Waals surface area contributed by atoms with Crippen molar-refractivity contribution in [1.82, 2.24) is 9.78 Å². The first kappa shape index (κ1) is 20.5. The van der Waals surface area contributed by atoms with Gasteiger partial charge in [-0.2, -0.15) is 5.10 Å². The molecule has 0 radical (unpaired) electrons. The Labute approximate surface area is 190 Å². The third-order valence-corrected chi connectivity index (χ3v) is 5.66. The molecule has 0 spiro atoms. The molecule has 33 heavy (non-hydrogen) atoms. The van der Waals surface area contributed by atoms with Crippen LogP contribution in [0, 0.1) is 0 Å². The number of aromatic nitrogens is 2. The third kappa shape index (κ3) is 3.32. The average molecular weight is 436 g/mol. The first-order valence-electron chi connectivity index (χ1n) is 10.4. The van der Waals surface area contributed by atoms with Gasteiger partial charge in [-0.15, -0.1) is 0 Å². The van der Waals surface area contributed by atoms with Crippen molar-refractivity contribution in [2.45, 2.75) is 0 Å². The van der Waals surface area contributed by atoms with E-state index in [1.807, 2.05) is 78.9 Å². The molecule has 0 N–H and O–H groups in total. The minimum absolute atomic E-state index is 0.0163. The Bertz CT molecular complexity index is 1470. The summed E-state index contributed by atoms with van der Waals surface area (Å²) in [6.45, 7) is 0. The van der Waals surface area contributed by atoms with E-state index in [4.69, 9.17) is 14.6 Å². The van der Waals surface area contributed by atoms with E-state index in [0.717, 1.165) is 27.1 Å². The summed E-state index contributed by atoms with van der Waals surface area (Å²) in [6, 6.07) is 27.1. The van der Waals surface area contributed by atoms with Gasteiger partial charge in [0.1, 0.15) is 11.3 Å². The van der Waals surface area contributed by atoms with Gasteiger partial charge in [-0.1, -0.05) is 66.7 Å². The van der Waals surface area contributed by atoms with E-state index in [2.05, 4.69) is 6.07 Å². The largest absolute Gasteiger partial charge is 0.465 e. The normalized spacial score (nSPS) is 11.0. The van der Waals surface area contributed by atoms with Crippen molar-refractivity contribution in [2.24, 2.45) is 0 Å². The molecule has 6 heteroatoms. The molecule has 0 saturated carbocycles. The summed E-state index contributed by atoms with van der Waals surface area (Å²) in [6.07, 6.45) is 0. The highest BCUT2D eigenvalue weighted by Crippen LogP contribution is 2.39. The number of hydrogen-bond donors (Lipinski definition) is 0. The van der Waals surface area contributed by atoms with E-state index in [1.54, 1.807) is 0 Å². The van der Waals surface area contributed by atoms with Crippen LogP contribution in [0.4, 0.5) is 0 Å². The first-order valence-corrected chi connectivity index (χ1v) is 10.4. The summed E-state index contributed by atoms with van der Waals surface area (Å²) in [5, 5.41) is 8.62. The number of rotatable bonds is 4. The monoisotopic (exact) mass is 436 g/mol. The van der Waals surface area contributed by atoms with E-state index in [0.29, 0.717) is 11.4 Å². The zero-order valence-electron chi connectivity index (χ0n) is 18.1. The average Bonchev–Trinajstić information content (AvgIpc) is 3.27. The molecule has 0 fully saturated rings. The maximum Gasteiger partial charge on any atom is 0.357 e. The number of carbonyl (C=O) groups excluding carboxylic acids is 2. The molecule has 4 aromatic carbocycles. The molecule has 0 aliphatic carbocycles. The van der Waals surface area contributed by atoms with Crippen LogP contribution in [-0.2, 0) is 9.47 Å². The van der Waals surface area contributed by atoms with Crippen molar-refractivity contribution < 1.29 is 19.1 Å². The van der Waals surface area contributed by atoms with Crippen molar-refractivity contribution in [3.63, 3.8) is 0 Å². The van der Waals surface area contributed by atoms with E-state index in [-0.39, 0.29) is 11.3 Å². The van der Waals surface area contributed by atoms with Crippen molar-refractivity contribution in [3.8, 4) is 16.9 Å². The molecular formula is C27H20N2O4. The number of para-hydroxylation sites is 1. The van der Waals surface area contributed by atoms with Gasteiger partial charge in [0.2, 0.25) is 0 Å². The second kappa shape index (κ2) is 8.24. The zero-order valence-corrected chi connectivity index (χ0v) is 18.1. The summed E-state index contributed by atoms with van der Waals surface area (Å²) >= 11 is 0. The standard InChI is InChI=1S/C27H20N2O4/c1-32-26(30)23-24(28-29(25(23)27(31)33-2)19-12-4-3-5-13-19)22-20-14-8-6-10-17(20)16-18-11-7-9-15-21(18)22/h3-16H,1-2H3. The summed E-state index contributed by atoms with van der Waals surface area (Å²) < 4.78 is 11.6. The molecule has 0 bridgehead atoms. The smallest absolute Gasteiger partial charge is 0.357 e. The predicted molar refractivity (Wildman–Crippen MR) is 127 cm³/mol. The van der Waals surface area contributed by atoms with Gasteiger partial charge in [0, 0.05) is 5.56 Å². The molecule has 0 aliphatic rings. The number of fused-ring (bicyclic) bond motifs is 2. The first-order chi connectivity index (χ1) is 16.1. The van der Waals surface area contributed by atoms with Crippen molar-refractivity contribution in [1.29, 1.82) is 0 Å². The fourth-order valence-electron chi connectivity index (χ4n) is 4.20. The van der Waals surface area contributed by atoms with Crippen molar-refractivity contribution in [3.05, 3.63) is 96.2 Å². The van der Waals surface area contributed by atoms with Gasteiger partial charge in [-0.25, -0.2) is 14.3 Å². The van der Waals surface area contributed by atoms with Gasteiger partial charge in [0.05, 0.1) is 19.9 Å². The molecule has 0 aliphatic heterocycles. The molecule has 1 heterocycles. The zero-order chi connectivity index (χ0) is 22.9. The third-order valence-electron chi connectivity index (χ3n) is 5.66. The van der Waals surface area contributed by atoms with Crippen LogP contribution < -0.4 is 0 Å². The Morgan fingerprint density at radius 2 is 1.27 bits per heavy atom. The topological polar surface area (TPSA) is 70.4 Å². The Kier molecular flexibility index (Phi) is 5.11. The van der Waals surface area contributed by atoms with E-state index >= 15 is 0 Å². The van der Waals surface area contributed by atoms with Crippen LogP contribution >= 0.6 is 0 Å². The second-order valence-corrected chi connectivity index (χ2v) is 7.50.